The number of fused-ring (bicyclic) bond motifs is 1. The summed E-state index contributed by atoms with van der Waals surface area (Å²) in [7, 11) is 0. The minimum absolute atomic E-state index is 0.297. The molecule has 0 bridgehead atoms. The Labute approximate surface area is 186 Å². The van der Waals surface area contributed by atoms with E-state index in [0.717, 1.165) is 28.9 Å². The molecule has 32 heavy (non-hydrogen) atoms. The molecule has 0 aromatic heterocycles. The van der Waals surface area contributed by atoms with Crippen LogP contribution in [0.25, 0.3) is 0 Å². The zero-order valence-corrected chi connectivity index (χ0v) is 17.7. The van der Waals surface area contributed by atoms with Gasteiger partial charge in [0.25, 0.3) is 5.91 Å². The van der Waals surface area contributed by atoms with Crippen LogP contribution >= 0.6 is 0 Å². The number of nitrogens with zero attached hydrogens (tertiary/aromatic N) is 1. The van der Waals surface area contributed by atoms with E-state index in [0.29, 0.717) is 12.8 Å². The van der Waals surface area contributed by atoms with E-state index in [1.165, 1.54) is 0 Å². The predicted molar refractivity (Wildman–Crippen MR) is 116 cm³/mol. The SMILES string of the molecule is O=C(COC(=O)CN1C(=O)[C@H]2CCCC[C@@H]2C1=O)NC(c1ccccc1)c1ccccc1. The molecule has 2 aromatic carbocycles. The van der Waals surface area contributed by atoms with Gasteiger partial charge in [-0.3, -0.25) is 24.1 Å². The van der Waals surface area contributed by atoms with Gasteiger partial charge in [0.05, 0.1) is 17.9 Å². The van der Waals surface area contributed by atoms with Crippen LogP contribution in [0.3, 0.4) is 0 Å². The van der Waals surface area contributed by atoms with Crippen LogP contribution in [0.15, 0.2) is 60.7 Å². The van der Waals surface area contributed by atoms with Crippen molar-refractivity contribution in [3.63, 3.8) is 0 Å². The fraction of sp³-hybridized carbons (Fsp3) is 0.360. The van der Waals surface area contributed by atoms with E-state index >= 15 is 0 Å². The average Bonchev–Trinajstić information content (AvgIpc) is 3.07. The summed E-state index contributed by atoms with van der Waals surface area (Å²) in [4.78, 5) is 50.8. The van der Waals surface area contributed by atoms with Crippen LogP contribution in [-0.2, 0) is 23.9 Å². The lowest BCUT2D eigenvalue weighted by Gasteiger charge is -2.20. The highest BCUT2D eigenvalue weighted by molar-refractivity contribution is 6.07. The van der Waals surface area contributed by atoms with Crippen LogP contribution < -0.4 is 5.32 Å². The van der Waals surface area contributed by atoms with E-state index < -0.39 is 31.1 Å². The summed E-state index contributed by atoms with van der Waals surface area (Å²) in [5.74, 6) is -2.46. The van der Waals surface area contributed by atoms with Crippen molar-refractivity contribution in [2.45, 2.75) is 31.7 Å². The number of benzene rings is 2. The van der Waals surface area contributed by atoms with Crippen LogP contribution in [-0.4, -0.2) is 41.7 Å². The molecule has 0 unspecified atom stereocenters. The number of likely N-dealkylation sites (tertiary alicyclic amines) is 1. The summed E-state index contributed by atoms with van der Waals surface area (Å²) in [5, 5.41) is 2.89. The molecule has 2 aromatic rings. The molecular formula is C25H26N2O5. The molecule has 2 atom stereocenters. The zero-order chi connectivity index (χ0) is 22.5. The van der Waals surface area contributed by atoms with Gasteiger partial charge >= 0.3 is 5.97 Å². The third-order valence-corrected chi connectivity index (χ3v) is 6.16. The molecule has 0 spiro atoms. The standard InChI is InChI=1S/C25H26N2O5/c28-21(26-23(17-9-3-1-4-10-17)18-11-5-2-6-12-18)16-32-22(29)15-27-24(30)19-13-7-8-14-20(19)25(27)31/h1-6,9-12,19-20,23H,7-8,13-16H2,(H,26,28)/t19-,20-/m0/s1. The molecular weight excluding hydrogens is 408 g/mol. The van der Waals surface area contributed by atoms with Crippen molar-refractivity contribution in [1.82, 2.24) is 10.2 Å². The van der Waals surface area contributed by atoms with Crippen LogP contribution in [0.2, 0.25) is 0 Å². The number of rotatable bonds is 7. The number of esters is 1. The van der Waals surface area contributed by atoms with Crippen molar-refractivity contribution >= 4 is 23.7 Å². The highest BCUT2D eigenvalue weighted by Crippen LogP contribution is 2.37. The summed E-state index contributed by atoms with van der Waals surface area (Å²) < 4.78 is 5.09. The molecule has 4 rings (SSSR count). The highest BCUT2D eigenvalue weighted by atomic mass is 16.5. The predicted octanol–water partition coefficient (Wildman–Crippen LogP) is 2.61. The fourth-order valence-electron chi connectivity index (χ4n) is 4.56. The molecule has 2 aliphatic rings. The molecule has 7 nitrogen and oxygen atoms in total. The number of hydrogen-bond donors (Lipinski definition) is 1. The fourth-order valence-corrected chi connectivity index (χ4v) is 4.56. The topological polar surface area (TPSA) is 92.8 Å². The lowest BCUT2D eigenvalue weighted by molar-refractivity contribution is -0.155. The Morgan fingerprint density at radius 2 is 1.38 bits per heavy atom. The molecule has 1 aliphatic carbocycles. The van der Waals surface area contributed by atoms with Crippen LogP contribution in [0.4, 0.5) is 0 Å². The van der Waals surface area contributed by atoms with Gasteiger partial charge in [0.15, 0.2) is 6.61 Å². The van der Waals surface area contributed by atoms with E-state index in [1.807, 2.05) is 60.7 Å². The Balaban J connectivity index is 1.34. The number of nitrogens with one attached hydrogen (secondary N) is 1. The van der Waals surface area contributed by atoms with Gasteiger partial charge in [0, 0.05) is 0 Å². The number of amides is 3. The maximum Gasteiger partial charge on any atom is 0.326 e. The molecule has 2 fully saturated rings. The summed E-state index contributed by atoms with van der Waals surface area (Å²) in [6.07, 6.45) is 3.21. The molecule has 1 heterocycles. The molecule has 1 saturated heterocycles. The number of carbonyl (C=O) groups excluding carboxylic acids is 4. The molecule has 0 radical (unpaired) electrons. The first-order valence-electron chi connectivity index (χ1n) is 10.9. The van der Waals surface area contributed by atoms with E-state index in [-0.39, 0.29) is 23.7 Å². The van der Waals surface area contributed by atoms with Crippen molar-refractivity contribution in [2.75, 3.05) is 13.2 Å². The van der Waals surface area contributed by atoms with Gasteiger partial charge < -0.3 is 10.1 Å². The molecule has 166 valence electrons. The van der Waals surface area contributed by atoms with Crippen molar-refractivity contribution < 1.29 is 23.9 Å². The Kier molecular flexibility index (Phi) is 6.63. The van der Waals surface area contributed by atoms with E-state index in [9.17, 15) is 19.2 Å². The first kappa shape index (κ1) is 21.7. The maximum absolute atomic E-state index is 12.5. The van der Waals surface area contributed by atoms with E-state index in [4.69, 9.17) is 4.74 Å². The Hall–Kier alpha value is -3.48. The van der Waals surface area contributed by atoms with Gasteiger partial charge in [-0.05, 0) is 24.0 Å². The van der Waals surface area contributed by atoms with Gasteiger partial charge in [0.1, 0.15) is 6.54 Å². The number of carbonyl (C=O) groups is 4. The third kappa shape index (κ3) is 4.72. The third-order valence-electron chi connectivity index (χ3n) is 6.16. The monoisotopic (exact) mass is 434 g/mol. The largest absolute Gasteiger partial charge is 0.454 e. The van der Waals surface area contributed by atoms with Crippen LogP contribution in [0, 0.1) is 11.8 Å². The zero-order valence-electron chi connectivity index (χ0n) is 17.7. The molecule has 3 amide bonds. The van der Waals surface area contributed by atoms with Crippen LogP contribution in [0.5, 0.6) is 0 Å². The molecule has 7 heteroatoms. The lowest BCUT2D eigenvalue weighted by atomic mass is 9.81. The quantitative estimate of drug-likeness (QED) is 0.534. The summed E-state index contributed by atoms with van der Waals surface area (Å²) in [6.45, 7) is -0.934. The van der Waals surface area contributed by atoms with Gasteiger partial charge in [-0.2, -0.15) is 0 Å². The number of hydrogen-bond acceptors (Lipinski definition) is 5. The van der Waals surface area contributed by atoms with E-state index in [1.54, 1.807) is 0 Å². The first-order chi connectivity index (χ1) is 15.5. The maximum atomic E-state index is 12.5. The normalized spacial score (nSPS) is 20.2. The summed E-state index contributed by atoms with van der Waals surface area (Å²) in [5.41, 5.74) is 1.79. The summed E-state index contributed by atoms with van der Waals surface area (Å²) in [6, 6.07) is 18.6. The van der Waals surface area contributed by atoms with Gasteiger partial charge in [0.2, 0.25) is 11.8 Å². The minimum atomic E-state index is -0.767. The van der Waals surface area contributed by atoms with Crippen molar-refractivity contribution in [1.29, 1.82) is 0 Å². The molecule has 1 aliphatic heterocycles. The number of ether oxygens (including phenoxy) is 1. The van der Waals surface area contributed by atoms with Gasteiger partial charge in [-0.25, -0.2) is 0 Å². The second-order valence-corrected chi connectivity index (χ2v) is 8.24. The minimum Gasteiger partial charge on any atom is -0.454 e. The lowest BCUT2D eigenvalue weighted by Crippen LogP contribution is -2.38. The second kappa shape index (κ2) is 9.77. The second-order valence-electron chi connectivity index (χ2n) is 8.24. The molecule has 1 saturated carbocycles. The van der Waals surface area contributed by atoms with E-state index in [2.05, 4.69) is 5.32 Å². The highest BCUT2D eigenvalue weighted by Gasteiger charge is 2.48. The smallest absolute Gasteiger partial charge is 0.326 e. The molecule has 1 N–H and O–H groups in total. The Morgan fingerprint density at radius 1 is 0.875 bits per heavy atom. The van der Waals surface area contributed by atoms with Gasteiger partial charge in [-0.1, -0.05) is 73.5 Å². The Morgan fingerprint density at radius 3 is 1.88 bits per heavy atom. The van der Waals surface area contributed by atoms with Crippen LogP contribution in [0.1, 0.15) is 42.9 Å². The Bertz CT molecular complexity index is 928. The van der Waals surface area contributed by atoms with Gasteiger partial charge in [-0.15, -0.1) is 0 Å². The number of imide groups is 1. The van der Waals surface area contributed by atoms with Crippen molar-refractivity contribution in [3.8, 4) is 0 Å². The summed E-state index contributed by atoms with van der Waals surface area (Å²) >= 11 is 0. The average molecular weight is 434 g/mol. The van der Waals surface area contributed by atoms with Crippen molar-refractivity contribution in [3.05, 3.63) is 71.8 Å². The first-order valence-corrected chi connectivity index (χ1v) is 10.9. The van der Waals surface area contributed by atoms with Crippen molar-refractivity contribution in [2.24, 2.45) is 11.8 Å².